The van der Waals surface area contributed by atoms with Crippen molar-refractivity contribution in [2.45, 2.75) is 45.3 Å². The van der Waals surface area contributed by atoms with Crippen LogP contribution in [0.3, 0.4) is 0 Å². The number of piperidine rings is 1. The first kappa shape index (κ1) is 18.5. The summed E-state index contributed by atoms with van der Waals surface area (Å²) in [5.74, 6) is 0. The fourth-order valence-electron chi connectivity index (χ4n) is 2.53. The molecule has 1 aromatic carbocycles. The molecule has 0 saturated carbocycles. The monoisotopic (exact) mass is 399 g/mol. The lowest BCUT2D eigenvalue weighted by molar-refractivity contribution is -0.384. The van der Waals surface area contributed by atoms with Crippen LogP contribution < -0.4 is 5.32 Å². The SMILES string of the molecule is CC(C)(C)OC(=O)N1CCC(Nc2ccc(Br)cc2[N+](=O)[O-])CC1. The summed E-state index contributed by atoms with van der Waals surface area (Å²) in [5.41, 5.74) is 0.0300. The van der Waals surface area contributed by atoms with Gasteiger partial charge in [0.1, 0.15) is 11.3 Å². The van der Waals surface area contributed by atoms with E-state index in [-0.39, 0.29) is 17.8 Å². The molecule has 0 spiro atoms. The van der Waals surface area contributed by atoms with Gasteiger partial charge in [-0.2, -0.15) is 0 Å². The molecule has 2 rings (SSSR count). The van der Waals surface area contributed by atoms with E-state index >= 15 is 0 Å². The van der Waals surface area contributed by atoms with Crippen LogP contribution in [0.5, 0.6) is 0 Å². The molecule has 0 radical (unpaired) electrons. The topological polar surface area (TPSA) is 84.7 Å². The number of likely N-dealkylation sites (tertiary alicyclic amines) is 1. The van der Waals surface area contributed by atoms with E-state index in [1.54, 1.807) is 17.0 Å². The first-order valence-corrected chi connectivity index (χ1v) is 8.63. The van der Waals surface area contributed by atoms with Crippen molar-refractivity contribution in [1.82, 2.24) is 4.90 Å². The Morgan fingerprint density at radius 2 is 2.00 bits per heavy atom. The van der Waals surface area contributed by atoms with E-state index in [4.69, 9.17) is 4.74 Å². The molecule has 0 aromatic heterocycles. The molecular weight excluding hydrogens is 378 g/mol. The summed E-state index contributed by atoms with van der Waals surface area (Å²) in [6, 6.07) is 5.04. The molecule has 7 nitrogen and oxygen atoms in total. The van der Waals surface area contributed by atoms with Gasteiger partial charge in [-0.15, -0.1) is 0 Å². The number of rotatable bonds is 3. The van der Waals surface area contributed by atoms with Crippen molar-refractivity contribution in [2.24, 2.45) is 0 Å². The number of ether oxygens (including phenoxy) is 1. The van der Waals surface area contributed by atoms with Crippen molar-refractivity contribution in [3.8, 4) is 0 Å². The highest BCUT2D eigenvalue weighted by Gasteiger charge is 2.27. The minimum atomic E-state index is -0.510. The summed E-state index contributed by atoms with van der Waals surface area (Å²) in [7, 11) is 0. The summed E-state index contributed by atoms with van der Waals surface area (Å²) in [4.78, 5) is 24.5. The molecule has 132 valence electrons. The van der Waals surface area contributed by atoms with Gasteiger partial charge in [0.05, 0.1) is 4.92 Å². The van der Waals surface area contributed by atoms with Gasteiger partial charge in [0.2, 0.25) is 0 Å². The van der Waals surface area contributed by atoms with E-state index in [9.17, 15) is 14.9 Å². The summed E-state index contributed by atoms with van der Waals surface area (Å²) >= 11 is 3.25. The molecule has 8 heteroatoms. The molecule has 1 fully saturated rings. The molecule has 1 heterocycles. The zero-order valence-corrected chi connectivity index (χ0v) is 15.6. The van der Waals surface area contributed by atoms with Crippen LogP contribution >= 0.6 is 15.9 Å². The van der Waals surface area contributed by atoms with Crippen LogP contribution in [0.15, 0.2) is 22.7 Å². The van der Waals surface area contributed by atoms with Crippen LogP contribution in [-0.2, 0) is 4.74 Å². The second-order valence-corrected chi connectivity index (χ2v) is 7.72. The Balaban J connectivity index is 1.94. The number of nitro groups is 1. The quantitative estimate of drug-likeness (QED) is 0.608. The number of carbonyl (C=O) groups excluding carboxylic acids is 1. The Morgan fingerprint density at radius 3 is 2.54 bits per heavy atom. The standard InChI is InChI=1S/C16H22BrN3O4/c1-16(2,3)24-15(21)19-8-6-12(7-9-19)18-13-5-4-11(17)10-14(13)20(22)23/h4-5,10,12,18H,6-9H2,1-3H3. The second kappa shape index (κ2) is 7.38. The van der Waals surface area contributed by atoms with Crippen LogP contribution in [0.4, 0.5) is 16.2 Å². The fraction of sp³-hybridized carbons (Fsp3) is 0.562. The number of anilines is 1. The highest BCUT2D eigenvalue weighted by Crippen LogP contribution is 2.30. The summed E-state index contributed by atoms with van der Waals surface area (Å²) in [6.45, 7) is 6.65. The van der Waals surface area contributed by atoms with E-state index in [1.165, 1.54) is 6.07 Å². The number of nitrogens with one attached hydrogen (secondary N) is 1. The Labute approximate surface area is 149 Å². The smallest absolute Gasteiger partial charge is 0.410 e. The number of hydrogen-bond acceptors (Lipinski definition) is 5. The molecule has 24 heavy (non-hydrogen) atoms. The van der Waals surface area contributed by atoms with E-state index < -0.39 is 10.5 Å². The molecule has 1 N–H and O–H groups in total. The minimum absolute atomic E-state index is 0.0407. The van der Waals surface area contributed by atoms with Crippen molar-refractivity contribution in [3.05, 3.63) is 32.8 Å². The van der Waals surface area contributed by atoms with Crippen LogP contribution in [0.2, 0.25) is 0 Å². The maximum atomic E-state index is 12.0. The Bertz CT molecular complexity index is 622. The van der Waals surface area contributed by atoms with Crippen molar-refractivity contribution in [2.75, 3.05) is 18.4 Å². The van der Waals surface area contributed by atoms with Gasteiger partial charge < -0.3 is 15.0 Å². The first-order valence-electron chi connectivity index (χ1n) is 7.84. The highest BCUT2D eigenvalue weighted by molar-refractivity contribution is 9.10. The molecule has 0 atom stereocenters. The molecule has 0 unspecified atom stereocenters. The molecule has 1 aliphatic heterocycles. The minimum Gasteiger partial charge on any atom is -0.444 e. The Hall–Kier alpha value is -1.83. The summed E-state index contributed by atoms with van der Waals surface area (Å²) in [6.07, 6.45) is 1.12. The molecule has 1 saturated heterocycles. The number of hydrogen-bond donors (Lipinski definition) is 1. The van der Waals surface area contributed by atoms with E-state index in [2.05, 4.69) is 21.2 Å². The fourth-order valence-corrected chi connectivity index (χ4v) is 2.88. The number of nitrogens with zero attached hydrogens (tertiary/aromatic N) is 2. The molecule has 1 amide bonds. The number of carbonyl (C=O) groups is 1. The number of benzene rings is 1. The van der Waals surface area contributed by atoms with Crippen LogP contribution in [0.1, 0.15) is 33.6 Å². The highest BCUT2D eigenvalue weighted by atomic mass is 79.9. The van der Waals surface area contributed by atoms with E-state index in [0.29, 0.717) is 36.1 Å². The Morgan fingerprint density at radius 1 is 1.38 bits per heavy atom. The zero-order chi connectivity index (χ0) is 17.9. The van der Waals surface area contributed by atoms with Crippen molar-refractivity contribution < 1.29 is 14.5 Å². The third-order valence-corrected chi connectivity index (χ3v) is 4.16. The van der Waals surface area contributed by atoms with Crippen LogP contribution in [-0.4, -0.2) is 40.6 Å². The molecule has 1 aliphatic rings. The van der Waals surface area contributed by atoms with Gasteiger partial charge in [-0.3, -0.25) is 10.1 Å². The lowest BCUT2D eigenvalue weighted by Gasteiger charge is -2.34. The maximum absolute atomic E-state index is 12.0. The van der Waals surface area contributed by atoms with E-state index in [1.807, 2.05) is 20.8 Å². The van der Waals surface area contributed by atoms with Gasteiger partial charge in [0.15, 0.2) is 0 Å². The van der Waals surface area contributed by atoms with Crippen LogP contribution in [0, 0.1) is 10.1 Å². The van der Waals surface area contributed by atoms with Gasteiger partial charge in [0, 0.05) is 29.7 Å². The van der Waals surface area contributed by atoms with Crippen molar-refractivity contribution >= 4 is 33.4 Å². The third-order valence-electron chi connectivity index (χ3n) is 3.66. The second-order valence-electron chi connectivity index (χ2n) is 6.80. The number of halogens is 1. The molecule has 0 aliphatic carbocycles. The first-order chi connectivity index (χ1) is 11.2. The van der Waals surface area contributed by atoms with Gasteiger partial charge in [0.25, 0.3) is 5.69 Å². The lowest BCUT2D eigenvalue weighted by Crippen LogP contribution is -2.44. The average molecular weight is 400 g/mol. The van der Waals surface area contributed by atoms with E-state index in [0.717, 1.165) is 0 Å². The number of amides is 1. The van der Waals surface area contributed by atoms with Gasteiger partial charge in [-0.25, -0.2) is 4.79 Å². The molecular formula is C16H22BrN3O4. The van der Waals surface area contributed by atoms with Gasteiger partial charge in [-0.05, 0) is 45.7 Å². The normalized spacial score (nSPS) is 15.9. The predicted octanol–water partition coefficient (Wildman–Crippen LogP) is 4.17. The summed E-state index contributed by atoms with van der Waals surface area (Å²) < 4.78 is 6.03. The van der Waals surface area contributed by atoms with Crippen LogP contribution in [0.25, 0.3) is 0 Å². The summed E-state index contributed by atoms with van der Waals surface area (Å²) in [5, 5.41) is 14.4. The van der Waals surface area contributed by atoms with Gasteiger partial charge >= 0.3 is 6.09 Å². The molecule has 1 aromatic rings. The van der Waals surface area contributed by atoms with Crippen molar-refractivity contribution in [1.29, 1.82) is 0 Å². The number of nitro benzene ring substituents is 1. The maximum Gasteiger partial charge on any atom is 0.410 e. The lowest BCUT2D eigenvalue weighted by atomic mass is 10.0. The largest absolute Gasteiger partial charge is 0.444 e. The third kappa shape index (κ3) is 5.09. The molecule has 0 bridgehead atoms. The predicted molar refractivity (Wildman–Crippen MR) is 95.2 cm³/mol. The van der Waals surface area contributed by atoms with Crippen molar-refractivity contribution in [3.63, 3.8) is 0 Å². The zero-order valence-electron chi connectivity index (χ0n) is 14.0. The average Bonchev–Trinajstić information content (AvgIpc) is 2.48. The Kier molecular flexibility index (Phi) is 5.69. The van der Waals surface area contributed by atoms with Gasteiger partial charge in [-0.1, -0.05) is 15.9 Å².